The average Bonchev–Trinajstić information content (AvgIpc) is 2.68. The number of carbonyl (C=O) groups is 1. The van der Waals surface area contributed by atoms with Gasteiger partial charge in [0.05, 0.1) is 6.61 Å². The van der Waals surface area contributed by atoms with Crippen molar-refractivity contribution in [2.45, 2.75) is 32.1 Å². The lowest BCUT2D eigenvalue weighted by Crippen LogP contribution is -2.29. The Kier molecular flexibility index (Phi) is 4.21. The van der Waals surface area contributed by atoms with Crippen molar-refractivity contribution >= 4 is 5.91 Å². The number of hydrogen-bond acceptors (Lipinski definition) is 3. The summed E-state index contributed by atoms with van der Waals surface area (Å²) in [6.07, 6.45) is 10.8. The molecule has 0 spiro atoms. The highest BCUT2D eigenvalue weighted by molar-refractivity contribution is 5.80. The number of piperidine rings is 1. The molecule has 0 aromatic rings. The monoisotopic (exact) mass is 274 g/mol. The molecule has 0 bridgehead atoms. The van der Waals surface area contributed by atoms with Gasteiger partial charge in [0, 0.05) is 12.1 Å². The zero-order chi connectivity index (χ0) is 13.8. The summed E-state index contributed by atoms with van der Waals surface area (Å²) in [7, 11) is 0. The molecular weight excluding hydrogens is 252 g/mol. The molecule has 3 rings (SSSR count). The fraction of sp³-hybridized carbons (Fsp3) is 0.562. The summed E-state index contributed by atoms with van der Waals surface area (Å²) in [4.78, 5) is 11.4. The maximum Gasteiger partial charge on any atom is 0.224 e. The molecule has 1 fully saturated rings. The first kappa shape index (κ1) is 13.4. The Bertz CT molecular complexity index is 471. The molecule has 0 radical (unpaired) electrons. The molecule has 4 heteroatoms. The molecule has 1 saturated heterocycles. The highest BCUT2D eigenvalue weighted by Crippen LogP contribution is 2.24. The van der Waals surface area contributed by atoms with E-state index in [1.807, 2.05) is 12.2 Å². The second-order valence-electron chi connectivity index (χ2n) is 5.71. The predicted octanol–water partition coefficient (Wildman–Crippen LogP) is 2.01. The van der Waals surface area contributed by atoms with Crippen molar-refractivity contribution in [1.82, 2.24) is 10.6 Å². The van der Waals surface area contributed by atoms with Crippen molar-refractivity contribution < 1.29 is 9.53 Å². The Balaban J connectivity index is 1.55. The van der Waals surface area contributed by atoms with Gasteiger partial charge in [-0.3, -0.25) is 4.79 Å². The molecule has 0 unspecified atom stereocenters. The number of carbonyl (C=O) groups excluding carboxylic acids is 1. The zero-order valence-corrected chi connectivity index (χ0v) is 11.8. The molecule has 1 amide bonds. The summed E-state index contributed by atoms with van der Waals surface area (Å²) in [5.41, 5.74) is 2.28. The second-order valence-corrected chi connectivity index (χ2v) is 5.71. The van der Waals surface area contributed by atoms with Gasteiger partial charge in [-0.05, 0) is 68.5 Å². The van der Waals surface area contributed by atoms with Crippen LogP contribution in [0.1, 0.15) is 32.1 Å². The van der Waals surface area contributed by atoms with E-state index in [0.717, 1.165) is 44.0 Å². The van der Waals surface area contributed by atoms with E-state index in [1.165, 1.54) is 18.4 Å². The normalized spacial score (nSPS) is 23.8. The van der Waals surface area contributed by atoms with Crippen LogP contribution in [0, 0.1) is 5.92 Å². The Hall–Kier alpha value is -1.55. The molecule has 108 valence electrons. The van der Waals surface area contributed by atoms with Crippen LogP contribution in [0.4, 0.5) is 0 Å². The summed E-state index contributed by atoms with van der Waals surface area (Å²) in [6.45, 7) is 3.00. The van der Waals surface area contributed by atoms with E-state index in [9.17, 15) is 4.79 Å². The molecule has 0 aromatic carbocycles. The highest BCUT2D eigenvalue weighted by Gasteiger charge is 2.18. The predicted molar refractivity (Wildman–Crippen MR) is 77.8 cm³/mol. The summed E-state index contributed by atoms with van der Waals surface area (Å²) in [5, 5.41) is 6.31. The third kappa shape index (κ3) is 3.31. The second kappa shape index (κ2) is 6.27. The van der Waals surface area contributed by atoms with Crippen molar-refractivity contribution in [3.63, 3.8) is 0 Å². The Labute approximate surface area is 120 Å². The van der Waals surface area contributed by atoms with Gasteiger partial charge in [0.1, 0.15) is 5.76 Å². The first-order valence-corrected chi connectivity index (χ1v) is 7.55. The van der Waals surface area contributed by atoms with Crippen molar-refractivity contribution in [3.05, 3.63) is 35.3 Å². The van der Waals surface area contributed by atoms with Crippen LogP contribution >= 0.6 is 0 Å². The molecular formula is C16H22N2O2. The first-order chi connectivity index (χ1) is 9.81. The molecule has 4 nitrogen and oxygen atoms in total. The third-order valence-corrected chi connectivity index (χ3v) is 4.22. The van der Waals surface area contributed by atoms with Gasteiger partial charge in [-0.2, -0.15) is 0 Å². The molecule has 2 heterocycles. The molecule has 2 aliphatic heterocycles. The minimum atomic E-state index is 0.118. The van der Waals surface area contributed by atoms with Crippen molar-refractivity contribution in [3.8, 4) is 0 Å². The van der Waals surface area contributed by atoms with Crippen LogP contribution in [0.25, 0.3) is 0 Å². The van der Waals surface area contributed by atoms with Gasteiger partial charge in [0.2, 0.25) is 5.91 Å². The fourth-order valence-corrected chi connectivity index (χ4v) is 2.90. The van der Waals surface area contributed by atoms with Gasteiger partial charge < -0.3 is 15.4 Å². The van der Waals surface area contributed by atoms with Crippen LogP contribution in [-0.4, -0.2) is 25.6 Å². The van der Waals surface area contributed by atoms with Crippen LogP contribution in [0.2, 0.25) is 0 Å². The van der Waals surface area contributed by atoms with Gasteiger partial charge in [0.15, 0.2) is 0 Å². The average molecular weight is 274 g/mol. The van der Waals surface area contributed by atoms with E-state index < -0.39 is 0 Å². The van der Waals surface area contributed by atoms with E-state index in [1.54, 1.807) is 0 Å². The molecule has 2 N–H and O–H groups in total. The van der Waals surface area contributed by atoms with Gasteiger partial charge in [-0.15, -0.1) is 0 Å². The van der Waals surface area contributed by atoms with Crippen LogP contribution in [0.3, 0.4) is 0 Å². The molecule has 0 aromatic heterocycles. The Morgan fingerprint density at radius 3 is 2.90 bits per heavy atom. The van der Waals surface area contributed by atoms with E-state index in [2.05, 4.69) is 16.7 Å². The highest BCUT2D eigenvalue weighted by atomic mass is 16.5. The summed E-state index contributed by atoms with van der Waals surface area (Å²) in [6, 6.07) is 0. The van der Waals surface area contributed by atoms with Gasteiger partial charge in [0.25, 0.3) is 0 Å². The van der Waals surface area contributed by atoms with Gasteiger partial charge >= 0.3 is 0 Å². The maximum absolute atomic E-state index is 11.4. The number of allylic oxidation sites excluding steroid dienone is 4. The minimum absolute atomic E-state index is 0.118. The smallest absolute Gasteiger partial charge is 0.224 e. The van der Waals surface area contributed by atoms with E-state index in [4.69, 9.17) is 4.74 Å². The number of ether oxygens (including phenoxy) is 1. The van der Waals surface area contributed by atoms with Crippen LogP contribution in [0.5, 0.6) is 0 Å². The topological polar surface area (TPSA) is 50.4 Å². The van der Waals surface area contributed by atoms with E-state index >= 15 is 0 Å². The van der Waals surface area contributed by atoms with Crippen LogP contribution in [-0.2, 0) is 9.53 Å². The number of hydrogen-bond donors (Lipinski definition) is 2. The summed E-state index contributed by atoms with van der Waals surface area (Å²) >= 11 is 0. The molecule has 3 aliphatic rings. The quantitative estimate of drug-likeness (QED) is 0.827. The third-order valence-electron chi connectivity index (χ3n) is 4.22. The van der Waals surface area contributed by atoms with Crippen molar-refractivity contribution in [1.29, 1.82) is 0 Å². The molecule has 0 saturated carbocycles. The number of nitrogens with one attached hydrogen (secondary N) is 2. The maximum atomic E-state index is 11.4. The lowest BCUT2D eigenvalue weighted by molar-refractivity contribution is -0.120. The number of amides is 1. The Morgan fingerprint density at radius 2 is 2.05 bits per heavy atom. The zero-order valence-electron chi connectivity index (χ0n) is 11.8. The van der Waals surface area contributed by atoms with E-state index in [-0.39, 0.29) is 5.91 Å². The standard InChI is InChI=1S/C16H22N2O2/c19-16-6-2-13-1-3-14(4-5-15(13)18-16)20-11-12-7-9-17-10-8-12/h3-5,12,17H,1-2,6-11H2,(H,18,19). The molecule has 20 heavy (non-hydrogen) atoms. The van der Waals surface area contributed by atoms with Crippen molar-refractivity contribution in [2.75, 3.05) is 19.7 Å². The summed E-state index contributed by atoms with van der Waals surface area (Å²) in [5.74, 6) is 1.72. The van der Waals surface area contributed by atoms with Crippen LogP contribution in [0.15, 0.2) is 35.3 Å². The van der Waals surface area contributed by atoms with Crippen LogP contribution < -0.4 is 10.6 Å². The first-order valence-electron chi connectivity index (χ1n) is 7.55. The van der Waals surface area contributed by atoms with E-state index in [0.29, 0.717) is 12.3 Å². The molecule has 0 atom stereocenters. The van der Waals surface area contributed by atoms with Gasteiger partial charge in [-0.1, -0.05) is 0 Å². The van der Waals surface area contributed by atoms with Crippen molar-refractivity contribution in [2.24, 2.45) is 5.92 Å². The number of rotatable bonds is 3. The molecule has 1 aliphatic carbocycles. The lowest BCUT2D eigenvalue weighted by Gasteiger charge is -2.22. The Morgan fingerprint density at radius 1 is 1.20 bits per heavy atom. The summed E-state index contributed by atoms with van der Waals surface area (Å²) < 4.78 is 5.94. The minimum Gasteiger partial charge on any atom is -0.494 e. The van der Waals surface area contributed by atoms with Gasteiger partial charge in [-0.25, -0.2) is 0 Å². The fourth-order valence-electron chi connectivity index (χ4n) is 2.90. The SMILES string of the molecule is O=C1CCC2=C(C=CC(OCC3CCNCC3)=CC2)N1. The largest absolute Gasteiger partial charge is 0.494 e. The lowest BCUT2D eigenvalue weighted by atomic mass is 9.99.